The number of unbranched alkanes of at least 4 members (excludes halogenated alkanes) is 1. The number of carbonyl (C=O) groups excluding carboxylic acids is 2. The molecule has 0 unspecified atom stereocenters. The third kappa shape index (κ3) is 6.74. The number of esters is 1. The highest BCUT2D eigenvalue weighted by Gasteiger charge is 2.14. The monoisotopic (exact) mass is 347 g/mol. The summed E-state index contributed by atoms with van der Waals surface area (Å²) in [4.78, 5) is 25.7. The van der Waals surface area contributed by atoms with E-state index in [9.17, 15) is 9.59 Å². The number of rotatable bonds is 7. The summed E-state index contributed by atoms with van der Waals surface area (Å²) >= 11 is 0. The van der Waals surface area contributed by atoms with Crippen LogP contribution in [0.1, 0.15) is 43.0 Å². The Morgan fingerprint density at radius 2 is 1.84 bits per heavy atom. The molecule has 0 radical (unpaired) electrons. The standard InChI is InChI=1S/C19H29N3O3/c1-15-9-13-22(14-10-15)12-4-3-11-20-19(24)21-17-7-5-16(6-8-17)18(23)25-2/h5-8,15H,3-4,9-14H2,1-2H3,(H2,20,21,24). The van der Waals surface area contributed by atoms with Crippen molar-refractivity contribution in [2.45, 2.75) is 32.6 Å². The molecule has 1 aliphatic heterocycles. The largest absolute Gasteiger partial charge is 0.465 e. The maximum absolute atomic E-state index is 11.9. The fourth-order valence-electron chi connectivity index (χ4n) is 2.93. The molecule has 25 heavy (non-hydrogen) atoms. The Morgan fingerprint density at radius 3 is 2.48 bits per heavy atom. The third-order valence-electron chi connectivity index (χ3n) is 4.63. The van der Waals surface area contributed by atoms with Crippen LogP contribution >= 0.6 is 0 Å². The predicted molar refractivity (Wildman–Crippen MR) is 98.9 cm³/mol. The highest BCUT2D eigenvalue weighted by atomic mass is 16.5. The number of amides is 2. The Hall–Kier alpha value is -2.08. The van der Waals surface area contributed by atoms with Gasteiger partial charge in [-0.1, -0.05) is 6.92 Å². The minimum Gasteiger partial charge on any atom is -0.465 e. The van der Waals surface area contributed by atoms with E-state index < -0.39 is 0 Å². The first kappa shape index (κ1) is 19.2. The van der Waals surface area contributed by atoms with Crippen molar-refractivity contribution in [2.24, 2.45) is 5.92 Å². The summed E-state index contributed by atoms with van der Waals surface area (Å²) < 4.78 is 4.64. The van der Waals surface area contributed by atoms with Crippen molar-refractivity contribution >= 4 is 17.7 Å². The molecule has 2 rings (SSSR count). The van der Waals surface area contributed by atoms with Crippen LogP contribution in [-0.4, -0.2) is 50.2 Å². The van der Waals surface area contributed by atoms with Crippen LogP contribution in [0.15, 0.2) is 24.3 Å². The summed E-state index contributed by atoms with van der Waals surface area (Å²) in [7, 11) is 1.34. The number of carbonyl (C=O) groups is 2. The smallest absolute Gasteiger partial charge is 0.337 e. The van der Waals surface area contributed by atoms with E-state index in [0.29, 0.717) is 17.8 Å². The molecular formula is C19H29N3O3. The van der Waals surface area contributed by atoms with Gasteiger partial charge in [0.25, 0.3) is 0 Å². The second-order valence-corrected chi connectivity index (χ2v) is 6.68. The number of likely N-dealkylation sites (tertiary alicyclic amines) is 1. The van der Waals surface area contributed by atoms with Crippen molar-refractivity contribution in [1.29, 1.82) is 0 Å². The third-order valence-corrected chi connectivity index (χ3v) is 4.63. The molecular weight excluding hydrogens is 318 g/mol. The number of anilines is 1. The van der Waals surface area contributed by atoms with Crippen molar-refractivity contribution in [3.63, 3.8) is 0 Å². The van der Waals surface area contributed by atoms with Crippen LogP contribution in [0.3, 0.4) is 0 Å². The topological polar surface area (TPSA) is 70.7 Å². The lowest BCUT2D eigenvalue weighted by molar-refractivity contribution is 0.0600. The number of benzene rings is 1. The molecule has 6 nitrogen and oxygen atoms in total. The van der Waals surface area contributed by atoms with Gasteiger partial charge in [0, 0.05) is 12.2 Å². The fraction of sp³-hybridized carbons (Fsp3) is 0.579. The van der Waals surface area contributed by atoms with Gasteiger partial charge in [0.2, 0.25) is 0 Å². The van der Waals surface area contributed by atoms with E-state index in [0.717, 1.165) is 25.3 Å². The molecule has 0 aromatic heterocycles. The van der Waals surface area contributed by atoms with Crippen LogP contribution in [0.4, 0.5) is 10.5 Å². The first-order valence-electron chi connectivity index (χ1n) is 9.04. The predicted octanol–water partition coefficient (Wildman–Crippen LogP) is 3.11. The molecule has 2 N–H and O–H groups in total. The molecule has 0 aliphatic carbocycles. The highest BCUT2D eigenvalue weighted by Crippen LogP contribution is 2.16. The number of methoxy groups -OCH3 is 1. The number of hydrogen-bond acceptors (Lipinski definition) is 4. The van der Waals surface area contributed by atoms with Crippen molar-refractivity contribution in [2.75, 3.05) is 38.6 Å². The highest BCUT2D eigenvalue weighted by molar-refractivity contribution is 5.92. The van der Waals surface area contributed by atoms with Crippen LogP contribution in [0.2, 0.25) is 0 Å². The lowest BCUT2D eigenvalue weighted by Gasteiger charge is -2.30. The van der Waals surface area contributed by atoms with E-state index in [1.54, 1.807) is 24.3 Å². The van der Waals surface area contributed by atoms with Crippen LogP contribution in [0, 0.1) is 5.92 Å². The lowest BCUT2D eigenvalue weighted by atomic mass is 9.99. The van der Waals surface area contributed by atoms with Crippen molar-refractivity contribution < 1.29 is 14.3 Å². The van der Waals surface area contributed by atoms with Gasteiger partial charge in [-0.25, -0.2) is 9.59 Å². The van der Waals surface area contributed by atoms with E-state index in [1.165, 1.54) is 33.0 Å². The van der Waals surface area contributed by atoms with E-state index in [-0.39, 0.29) is 12.0 Å². The van der Waals surface area contributed by atoms with Crippen molar-refractivity contribution in [3.8, 4) is 0 Å². The van der Waals surface area contributed by atoms with Gasteiger partial charge in [0.1, 0.15) is 0 Å². The van der Waals surface area contributed by atoms with Gasteiger partial charge in [-0.3, -0.25) is 0 Å². The molecule has 2 amide bonds. The Balaban J connectivity index is 1.58. The van der Waals surface area contributed by atoms with Crippen LogP contribution in [0.25, 0.3) is 0 Å². The average molecular weight is 347 g/mol. The Morgan fingerprint density at radius 1 is 1.16 bits per heavy atom. The quantitative estimate of drug-likeness (QED) is 0.587. The van der Waals surface area contributed by atoms with Crippen molar-refractivity contribution in [1.82, 2.24) is 10.2 Å². The minimum atomic E-state index is -0.390. The number of hydrogen-bond donors (Lipinski definition) is 2. The molecule has 1 saturated heterocycles. The number of piperidine rings is 1. The molecule has 1 aromatic carbocycles. The van der Waals surface area contributed by atoms with Gasteiger partial charge in [0.15, 0.2) is 0 Å². The van der Waals surface area contributed by atoms with Crippen LogP contribution in [-0.2, 0) is 4.74 Å². The molecule has 0 spiro atoms. The summed E-state index contributed by atoms with van der Waals surface area (Å²) in [5, 5.41) is 5.62. The maximum Gasteiger partial charge on any atom is 0.337 e. The number of nitrogens with one attached hydrogen (secondary N) is 2. The first-order chi connectivity index (χ1) is 12.1. The van der Waals surface area contributed by atoms with E-state index >= 15 is 0 Å². The zero-order valence-corrected chi connectivity index (χ0v) is 15.2. The molecule has 0 bridgehead atoms. The van der Waals surface area contributed by atoms with E-state index in [1.807, 2.05) is 0 Å². The number of nitrogens with zero attached hydrogens (tertiary/aromatic N) is 1. The summed E-state index contributed by atoms with van der Waals surface area (Å²) in [6.07, 6.45) is 4.67. The maximum atomic E-state index is 11.9. The second-order valence-electron chi connectivity index (χ2n) is 6.68. The van der Waals surface area contributed by atoms with Gasteiger partial charge in [-0.05, 0) is 75.5 Å². The molecule has 1 aromatic rings. The number of urea groups is 1. The zero-order valence-electron chi connectivity index (χ0n) is 15.2. The second kappa shape index (κ2) is 10.0. The Kier molecular flexibility index (Phi) is 7.73. The van der Waals surface area contributed by atoms with Gasteiger partial charge in [-0.15, -0.1) is 0 Å². The van der Waals surface area contributed by atoms with Crippen LogP contribution < -0.4 is 10.6 Å². The summed E-state index contributed by atoms with van der Waals surface area (Å²) in [6.45, 7) is 6.51. The zero-order chi connectivity index (χ0) is 18.1. The summed E-state index contributed by atoms with van der Waals surface area (Å²) in [5.41, 5.74) is 1.10. The molecule has 138 valence electrons. The van der Waals surface area contributed by atoms with Gasteiger partial charge in [0.05, 0.1) is 12.7 Å². The Bertz CT molecular complexity index is 552. The molecule has 6 heteroatoms. The summed E-state index contributed by atoms with van der Waals surface area (Å²) in [5.74, 6) is 0.475. The van der Waals surface area contributed by atoms with Gasteiger partial charge >= 0.3 is 12.0 Å². The Labute approximate surface area is 149 Å². The van der Waals surface area contributed by atoms with E-state index in [4.69, 9.17) is 0 Å². The first-order valence-corrected chi connectivity index (χ1v) is 9.04. The SMILES string of the molecule is COC(=O)c1ccc(NC(=O)NCCCCN2CCC(C)CC2)cc1. The minimum absolute atomic E-state index is 0.224. The fourth-order valence-corrected chi connectivity index (χ4v) is 2.93. The van der Waals surface area contributed by atoms with Gasteiger partial charge < -0.3 is 20.3 Å². The normalized spacial score (nSPS) is 15.6. The molecule has 0 saturated carbocycles. The molecule has 0 atom stereocenters. The lowest BCUT2D eigenvalue weighted by Crippen LogP contribution is -2.34. The van der Waals surface area contributed by atoms with Crippen LogP contribution in [0.5, 0.6) is 0 Å². The van der Waals surface area contributed by atoms with Gasteiger partial charge in [-0.2, -0.15) is 0 Å². The molecule has 1 aliphatic rings. The number of ether oxygens (including phenoxy) is 1. The average Bonchev–Trinajstić information content (AvgIpc) is 2.63. The molecule has 1 heterocycles. The van der Waals surface area contributed by atoms with E-state index in [2.05, 4.69) is 27.2 Å². The summed E-state index contributed by atoms with van der Waals surface area (Å²) in [6, 6.07) is 6.39. The molecule has 1 fully saturated rings. The van der Waals surface area contributed by atoms with Crippen molar-refractivity contribution in [3.05, 3.63) is 29.8 Å².